The van der Waals surface area contributed by atoms with Gasteiger partial charge in [0.2, 0.25) is 5.91 Å². The van der Waals surface area contributed by atoms with Crippen LogP contribution in [0.15, 0.2) is 58.2 Å². The third-order valence-corrected chi connectivity index (χ3v) is 6.45. The molecule has 2 heterocycles. The predicted octanol–water partition coefficient (Wildman–Crippen LogP) is 3.68. The number of hydrogen-bond acceptors (Lipinski definition) is 8. The first kappa shape index (κ1) is 23.0. The van der Waals surface area contributed by atoms with Crippen molar-refractivity contribution in [2.24, 2.45) is 4.99 Å². The fourth-order valence-corrected chi connectivity index (χ4v) is 4.90. The molecule has 4 rings (SSSR count). The molecule has 8 nitrogen and oxygen atoms in total. The zero-order chi connectivity index (χ0) is 23.5. The van der Waals surface area contributed by atoms with E-state index in [2.05, 4.69) is 16.9 Å². The lowest BCUT2D eigenvalue weighted by Gasteiger charge is -2.37. The lowest BCUT2D eigenvalue weighted by Crippen LogP contribution is -2.38. The van der Waals surface area contributed by atoms with E-state index in [1.807, 2.05) is 22.4 Å². The van der Waals surface area contributed by atoms with Gasteiger partial charge in [0.15, 0.2) is 16.7 Å². The average molecular weight is 470 g/mol. The molecule has 0 radical (unpaired) electrons. The van der Waals surface area contributed by atoms with Crippen molar-refractivity contribution < 1.29 is 23.8 Å². The van der Waals surface area contributed by atoms with E-state index in [0.717, 1.165) is 18.5 Å². The fraction of sp³-hybridized carbons (Fsp3) is 0.375. The summed E-state index contributed by atoms with van der Waals surface area (Å²) in [5.74, 6) is 0.499. The molecular weight excluding hydrogens is 442 g/mol. The Bertz CT molecular complexity index is 1070. The first-order chi connectivity index (χ1) is 16.0. The number of ether oxygens (including phenoxy) is 3. The number of hydrogen-bond donors (Lipinski definition) is 1. The van der Waals surface area contributed by atoms with E-state index in [4.69, 9.17) is 14.2 Å². The second-order valence-corrected chi connectivity index (χ2v) is 8.72. The quantitative estimate of drug-likeness (QED) is 0.436. The van der Waals surface area contributed by atoms with Crippen LogP contribution in [0.1, 0.15) is 37.8 Å². The number of amides is 1. The van der Waals surface area contributed by atoms with Crippen molar-refractivity contribution in [2.45, 2.75) is 38.3 Å². The number of thioether (sulfide) groups is 1. The molecule has 0 saturated heterocycles. The number of benzene rings is 1. The number of para-hydroxylation sites is 1. The predicted molar refractivity (Wildman–Crippen MR) is 127 cm³/mol. The van der Waals surface area contributed by atoms with Gasteiger partial charge in [-0.1, -0.05) is 36.5 Å². The second kappa shape index (κ2) is 9.74. The molecule has 1 aromatic carbocycles. The van der Waals surface area contributed by atoms with Gasteiger partial charge in [-0.15, -0.1) is 0 Å². The molecule has 9 heteroatoms. The molecule has 1 unspecified atom stereocenters. The normalized spacial score (nSPS) is 19.4. The molecule has 1 atom stereocenters. The van der Waals surface area contributed by atoms with Gasteiger partial charge in [0.1, 0.15) is 6.61 Å². The number of aliphatic imine (C=N–C) groups is 1. The molecule has 1 N–H and O–H groups in total. The van der Waals surface area contributed by atoms with Crippen LogP contribution in [0.5, 0.6) is 11.5 Å². The monoisotopic (exact) mass is 469 g/mol. The van der Waals surface area contributed by atoms with Gasteiger partial charge in [-0.05, 0) is 31.2 Å². The molecular formula is C24H27N3O5S. The number of methoxy groups -OCH3 is 2. The maximum Gasteiger partial charge on any atom is 0.338 e. The first-order valence-corrected chi connectivity index (χ1v) is 11.6. The number of rotatable bonds is 9. The van der Waals surface area contributed by atoms with Crippen molar-refractivity contribution in [3.8, 4) is 11.5 Å². The van der Waals surface area contributed by atoms with E-state index in [1.54, 1.807) is 27.2 Å². The van der Waals surface area contributed by atoms with E-state index in [9.17, 15) is 9.59 Å². The molecule has 3 aliphatic rings. The van der Waals surface area contributed by atoms with Crippen molar-refractivity contribution in [2.75, 3.05) is 20.8 Å². The summed E-state index contributed by atoms with van der Waals surface area (Å²) in [6.07, 6.45) is 3.73. The topological polar surface area (TPSA) is 89.5 Å². The van der Waals surface area contributed by atoms with Crippen LogP contribution in [0, 0.1) is 0 Å². The van der Waals surface area contributed by atoms with E-state index in [-0.39, 0.29) is 25.0 Å². The third kappa shape index (κ3) is 4.64. The SMILES string of the molecule is C=CCOC(=O)C1=C(C)N=C2SC=C(CC(=O)NC3CC3)N2C1c1cccc(OC)c1OC. The van der Waals surface area contributed by atoms with Gasteiger partial charge in [0.25, 0.3) is 0 Å². The minimum Gasteiger partial charge on any atom is -0.493 e. The molecule has 174 valence electrons. The van der Waals surface area contributed by atoms with Gasteiger partial charge in [-0.3, -0.25) is 4.79 Å². The highest BCUT2D eigenvalue weighted by Crippen LogP contribution is 2.48. The summed E-state index contributed by atoms with van der Waals surface area (Å²) >= 11 is 1.43. The fourth-order valence-electron chi connectivity index (χ4n) is 3.94. The number of amidine groups is 1. The summed E-state index contributed by atoms with van der Waals surface area (Å²) in [6.45, 7) is 5.49. The summed E-state index contributed by atoms with van der Waals surface area (Å²) in [5, 5.41) is 5.63. The summed E-state index contributed by atoms with van der Waals surface area (Å²) in [4.78, 5) is 32.4. The standard InChI is InChI=1S/C24H27N3O5S/c1-5-11-32-23(29)20-14(2)25-24-27(16(13-33-24)12-19(28)26-15-9-10-15)21(20)17-7-6-8-18(30-3)22(17)31-4/h5-8,13,15,21H,1,9-12H2,2-4H3,(H,26,28). The van der Waals surface area contributed by atoms with Gasteiger partial charge in [-0.2, -0.15) is 0 Å². The highest BCUT2D eigenvalue weighted by molar-refractivity contribution is 8.16. The second-order valence-electron chi connectivity index (χ2n) is 7.88. The Morgan fingerprint density at radius 1 is 1.30 bits per heavy atom. The number of carbonyl (C=O) groups excluding carboxylic acids is 2. The Hall–Kier alpha value is -3.20. The maximum absolute atomic E-state index is 13.2. The Balaban J connectivity index is 1.78. The highest BCUT2D eigenvalue weighted by Gasteiger charge is 2.43. The number of allylic oxidation sites excluding steroid dienone is 1. The van der Waals surface area contributed by atoms with E-state index >= 15 is 0 Å². The van der Waals surface area contributed by atoms with Crippen LogP contribution in [0.4, 0.5) is 0 Å². The van der Waals surface area contributed by atoms with Crippen LogP contribution in [-0.4, -0.2) is 48.8 Å². The van der Waals surface area contributed by atoms with Crippen LogP contribution in [-0.2, 0) is 14.3 Å². The summed E-state index contributed by atoms with van der Waals surface area (Å²) in [6, 6.07) is 5.19. The Morgan fingerprint density at radius 2 is 2.09 bits per heavy atom. The van der Waals surface area contributed by atoms with Crippen LogP contribution in [0.2, 0.25) is 0 Å². The lowest BCUT2D eigenvalue weighted by atomic mass is 9.92. The minimum atomic E-state index is -0.602. The molecule has 0 spiro atoms. The van der Waals surface area contributed by atoms with Gasteiger partial charge >= 0.3 is 5.97 Å². The zero-order valence-corrected chi connectivity index (χ0v) is 19.7. The number of fused-ring (bicyclic) bond motifs is 1. The minimum absolute atomic E-state index is 0.0518. The smallest absolute Gasteiger partial charge is 0.338 e. The largest absolute Gasteiger partial charge is 0.493 e. The van der Waals surface area contributed by atoms with E-state index in [0.29, 0.717) is 33.5 Å². The van der Waals surface area contributed by atoms with Crippen molar-refractivity contribution in [3.05, 3.63) is 58.8 Å². The Labute approximate surface area is 197 Å². The molecule has 1 aromatic rings. The number of carbonyl (C=O) groups is 2. The first-order valence-electron chi connectivity index (χ1n) is 10.7. The Kier molecular flexibility index (Phi) is 6.78. The number of nitrogens with one attached hydrogen (secondary N) is 1. The van der Waals surface area contributed by atoms with Crippen LogP contribution >= 0.6 is 11.8 Å². The molecule has 1 fully saturated rings. The van der Waals surface area contributed by atoms with Crippen LogP contribution < -0.4 is 14.8 Å². The van der Waals surface area contributed by atoms with Crippen molar-refractivity contribution in [1.29, 1.82) is 0 Å². The molecule has 33 heavy (non-hydrogen) atoms. The molecule has 2 aliphatic heterocycles. The molecule has 0 aromatic heterocycles. The van der Waals surface area contributed by atoms with Gasteiger partial charge in [0, 0.05) is 17.3 Å². The molecule has 1 aliphatic carbocycles. The maximum atomic E-state index is 13.2. The summed E-state index contributed by atoms with van der Waals surface area (Å²) in [5.41, 5.74) is 2.40. The van der Waals surface area contributed by atoms with Crippen LogP contribution in [0.3, 0.4) is 0 Å². The summed E-state index contributed by atoms with van der Waals surface area (Å²) in [7, 11) is 3.12. The molecule has 0 bridgehead atoms. The Morgan fingerprint density at radius 3 is 2.76 bits per heavy atom. The van der Waals surface area contributed by atoms with Gasteiger partial charge < -0.3 is 24.4 Å². The zero-order valence-electron chi connectivity index (χ0n) is 18.9. The third-order valence-electron chi connectivity index (χ3n) is 5.56. The number of nitrogens with zero attached hydrogens (tertiary/aromatic N) is 2. The van der Waals surface area contributed by atoms with Gasteiger partial charge in [0.05, 0.1) is 38.0 Å². The van der Waals surface area contributed by atoms with E-state index in [1.165, 1.54) is 17.8 Å². The molecule has 1 saturated carbocycles. The van der Waals surface area contributed by atoms with Gasteiger partial charge in [-0.25, -0.2) is 9.79 Å². The van der Waals surface area contributed by atoms with Crippen molar-refractivity contribution in [3.63, 3.8) is 0 Å². The number of esters is 1. The van der Waals surface area contributed by atoms with Crippen LogP contribution in [0.25, 0.3) is 0 Å². The van der Waals surface area contributed by atoms with E-state index < -0.39 is 12.0 Å². The highest BCUT2D eigenvalue weighted by atomic mass is 32.2. The van der Waals surface area contributed by atoms with Crippen molar-refractivity contribution >= 4 is 28.8 Å². The van der Waals surface area contributed by atoms with Crippen molar-refractivity contribution in [1.82, 2.24) is 10.2 Å². The average Bonchev–Trinajstić information content (AvgIpc) is 3.54. The lowest BCUT2D eigenvalue weighted by molar-refractivity contribution is -0.138. The molecule has 1 amide bonds. The summed E-state index contributed by atoms with van der Waals surface area (Å²) < 4.78 is 16.6.